The van der Waals surface area contributed by atoms with Crippen molar-refractivity contribution < 1.29 is 9.84 Å². The van der Waals surface area contributed by atoms with Gasteiger partial charge in [-0.25, -0.2) is 4.98 Å². The molecule has 1 aromatic heterocycles. The zero-order valence-electron chi connectivity index (χ0n) is 9.43. The molecular weight excluding hydrogens is 284 g/mol. The minimum Gasteiger partial charge on any atom is -0.504 e. The molecule has 0 saturated carbocycles. The van der Waals surface area contributed by atoms with Gasteiger partial charge >= 0.3 is 0 Å². The van der Waals surface area contributed by atoms with Gasteiger partial charge in [-0.2, -0.15) is 0 Å². The molecule has 0 aliphatic rings. The number of phenols is 1. The van der Waals surface area contributed by atoms with E-state index >= 15 is 0 Å². The highest BCUT2D eigenvalue weighted by atomic mass is 79.9. The van der Waals surface area contributed by atoms with Crippen LogP contribution in [0, 0.1) is 0 Å². The topological polar surface area (TPSA) is 47.3 Å². The molecule has 90 valence electrons. The van der Waals surface area contributed by atoms with Crippen molar-refractivity contribution in [2.45, 2.75) is 20.1 Å². The molecule has 5 heteroatoms. The molecule has 0 amide bonds. The third kappa shape index (κ3) is 2.61. The van der Waals surface area contributed by atoms with Crippen molar-refractivity contribution in [3.63, 3.8) is 0 Å². The van der Waals surface area contributed by atoms with E-state index in [0.717, 1.165) is 17.0 Å². The van der Waals surface area contributed by atoms with Crippen LogP contribution in [-0.2, 0) is 13.2 Å². The van der Waals surface area contributed by atoms with E-state index < -0.39 is 0 Å². The van der Waals surface area contributed by atoms with Gasteiger partial charge in [-0.3, -0.25) is 0 Å². The lowest BCUT2D eigenvalue weighted by molar-refractivity contribution is 0.279. The third-order valence-corrected chi connectivity index (χ3v) is 3.08. The van der Waals surface area contributed by atoms with E-state index in [1.165, 1.54) is 0 Å². The zero-order chi connectivity index (χ0) is 12.3. The molecule has 0 aliphatic heterocycles. The third-order valence-electron chi connectivity index (χ3n) is 2.45. The molecule has 2 rings (SSSR count). The van der Waals surface area contributed by atoms with E-state index in [9.17, 15) is 5.11 Å². The summed E-state index contributed by atoms with van der Waals surface area (Å²) in [5.41, 5.74) is 0.961. The highest BCUT2D eigenvalue weighted by Crippen LogP contribution is 2.25. The van der Waals surface area contributed by atoms with Crippen molar-refractivity contribution in [1.29, 1.82) is 0 Å². The van der Waals surface area contributed by atoms with Gasteiger partial charge in [0.15, 0.2) is 16.2 Å². The van der Waals surface area contributed by atoms with Crippen molar-refractivity contribution in [2.24, 2.45) is 0 Å². The summed E-state index contributed by atoms with van der Waals surface area (Å²) in [7, 11) is 0. The first-order valence-corrected chi connectivity index (χ1v) is 6.12. The Morgan fingerprint density at radius 3 is 2.88 bits per heavy atom. The maximum absolute atomic E-state index is 9.56. The number of hydrogen-bond acceptors (Lipinski definition) is 3. The fraction of sp³-hybridized carbons (Fsp3) is 0.250. The van der Waals surface area contributed by atoms with E-state index in [1.54, 1.807) is 24.4 Å². The number of aromatic hydroxyl groups is 1. The Morgan fingerprint density at radius 2 is 2.18 bits per heavy atom. The quantitative estimate of drug-likeness (QED) is 0.944. The molecule has 0 radical (unpaired) electrons. The van der Waals surface area contributed by atoms with E-state index in [0.29, 0.717) is 12.4 Å². The second-order valence-electron chi connectivity index (χ2n) is 3.52. The molecule has 0 aliphatic carbocycles. The predicted octanol–water partition coefficient (Wildman–Crippen LogP) is 2.95. The summed E-state index contributed by atoms with van der Waals surface area (Å²) in [5, 5.41) is 9.56. The highest BCUT2D eigenvalue weighted by Gasteiger charge is 2.07. The monoisotopic (exact) mass is 296 g/mol. The number of hydrogen-bond donors (Lipinski definition) is 1. The molecule has 0 unspecified atom stereocenters. The van der Waals surface area contributed by atoms with Gasteiger partial charge in [0.2, 0.25) is 0 Å². The summed E-state index contributed by atoms with van der Waals surface area (Å²) in [6.07, 6.45) is 1.76. The predicted molar refractivity (Wildman–Crippen MR) is 68.0 cm³/mol. The van der Waals surface area contributed by atoms with Gasteiger partial charge in [0.1, 0.15) is 6.61 Å². The molecule has 0 atom stereocenters. The van der Waals surface area contributed by atoms with Crippen LogP contribution in [-0.4, -0.2) is 14.7 Å². The van der Waals surface area contributed by atoms with Gasteiger partial charge in [-0.15, -0.1) is 0 Å². The second-order valence-corrected chi connectivity index (χ2v) is 4.23. The zero-order valence-corrected chi connectivity index (χ0v) is 11.0. The number of benzene rings is 1. The normalized spacial score (nSPS) is 10.5. The summed E-state index contributed by atoms with van der Waals surface area (Å²) in [6.45, 7) is 3.24. The first-order chi connectivity index (χ1) is 8.22. The minimum atomic E-state index is 0.147. The largest absolute Gasteiger partial charge is 0.504 e. The Morgan fingerprint density at radius 1 is 1.41 bits per heavy atom. The van der Waals surface area contributed by atoms with Crippen molar-refractivity contribution in [3.05, 3.63) is 40.9 Å². The summed E-state index contributed by atoms with van der Waals surface area (Å²) in [6, 6.07) is 6.91. The SMILES string of the molecule is CCn1c(COc2ccccc2O)cnc1Br. The molecule has 0 fully saturated rings. The number of imidazole rings is 1. The van der Waals surface area contributed by atoms with Crippen LogP contribution >= 0.6 is 15.9 Å². The minimum absolute atomic E-state index is 0.147. The maximum atomic E-state index is 9.56. The van der Waals surface area contributed by atoms with Crippen molar-refractivity contribution >= 4 is 15.9 Å². The van der Waals surface area contributed by atoms with Gasteiger partial charge in [0, 0.05) is 6.54 Å². The molecule has 17 heavy (non-hydrogen) atoms. The summed E-state index contributed by atoms with van der Waals surface area (Å²) >= 11 is 3.36. The Balaban J connectivity index is 2.10. The number of aromatic nitrogens is 2. The van der Waals surface area contributed by atoms with Crippen LogP contribution in [0.3, 0.4) is 0 Å². The van der Waals surface area contributed by atoms with Crippen LogP contribution in [0.4, 0.5) is 0 Å². The van der Waals surface area contributed by atoms with Gasteiger partial charge < -0.3 is 14.4 Å². The average Bonchev–Trinajstić information content (AvgIpc) is 2.69. The fourth-order valence-electron chi connectivity index (χ4n) is 1.57. The van der Waals surface area contributed by atoms with Crippen LogP contribution in [0.5, 0.6) is 11.5 Å². The molecule has 1 aromatic carbocycles. The fourth-order valence-corrected chi connectivity index (χ4v) is 2.15. The molecule has 1 N–H and O–H groups in total. The first kappa shape index (κ1) is 12.0. The van der Waals surface area contributed by atoms with Gasteiger partial charge in [-0.05, 0) is 35.0 Å². The maximum Gasteiger partial charge on any atom is 0.177 e. The molecule has 0 bridgehead atoms. The Kier molecular flexibility index (Phi) is 3.68. The van der Waals surface area contributed by atoms with E-state index in [1.807, 2.05) is 17.6 Å². The summed E-state index contributed by atoms with van der Waals surface area (Å²) < 4.78 is 8.33. The molecule has 4 nitrogen and oxygen atoms in total. The van der Waals surface area contributed by atoms with Crippen molar-refractivity contribution in [3.8, 4) is 11.5 Å². The summed E-state index contributed by atoms with van der Waals surface area (Å²) in [5.74, 6) is 0.626. The van der Waals surface area contributed by atoms with Crippen LogP contribution in [0.25, 0.3) is 0 Å². The molecule has 0 saturated heterocycles. The number of para-hydroxylation sites is 2. The van der Waals surface area contributed by atoms with Crippen LogP contribution in [0.1, 0.15) is 12.6 Å². The van der Waals surface area contributed by atoms with Crippen LogP contribution < -0.4 is 4.74 Å². The molecule has 1 heterocycles. The van der Waals surface area contributed by atoms with Crippen molar-refractivity contribution in [2.75, 3.05) is 0 Å². The first-order valence-electron chi connectivity index (χ1n) is 5.33. The Labute approximate surface area is 108 Å². The van der Waals surface area contributed by atoms with E-state index in [-0.39, 0.29) is 5.75 Å². The number of rotatable bonds is 4. The van der Waals surface area contributed by atoms with Gasteiger partial charge in [0.25, 0.3) is 0 Å². The lowest BCUT2D eigenvalue weighted by Crippen LogP contribution is -2.04. The van der Waals surface area contributed by atoms with Gasteiger partial charge in [-0.1, -0.05) is 12.1 Å². The number of nitrogens with zero attached hydrogens (tertiary/aromatic N) is 2. The molecular formula is C12H13BrN2O2. The van der Waals surface area contributed by atoms with E-state index in [4.69, 9.17) is 4.74 Å². The number of ether oxygens (including phenoxy) is 1. The van der Waals surface area contributed by atoms with Gasteiger partial charge in [0.05, 0.1) is 11.9 Å². The average molecular weight is 297 g/mol. The second kappa shape index (κ2) is 5.23. The number of phenolic OH excluding ortho intramolecular Hbond substituents is 1. The van der Waals surface area contributed by atoms with Crippen LogP contribution in [0.2, 0.25) is 0 Å². The van der Waals surface area contributed by atoms with Crippen molar-refractivity contribution in [1.82, 2.24) is 9.55 Å². The Hall–Kier alpha value is -1.49. The lowest BCUT2D eigenvalue weighted by atomic mass is 10.3. The highest BCUT2D eigenvalue weighted by molar-refractivity contribution is 9.10. The van der Waals surface area contributed by atoms with E-state index in [2.05, 4.69) is 20.9 Å². The van der Waals surface area contributed by atoms with Crippen LogP contribution in [0.15, 0.2) is 35.2 Å². The Bertz CT molecular complexity index is 511. The molecule has 2 aromatic rings. The standard InChI is InChI=1S/C12H13BrN2O2/c1-2-15-9(7-14-12(15)13)8-17-11-6-4-3-5-10(11)16/h3-7,16H,2,8H2,1H3. The smallest absolute Gasteiger partial charge is 0.177 e. The number of halogens is 1. The lowest BCUT2D eigenvalue weighted by Gasteiger charge is -2.09. The summed E-state index contributed by atoms with van der Waals surface area (Å²) in [4.78, 5) is 4.16. The molecule has 0 spiro atoms.